The van der Waals surface area contributed by atoms with Gasteiger partial charge in [-0.3, -0.25) is 4.79 Å². The largest absolute Gasteiger partial charge is 0.480 e. The van der Waals surface area contributed by atoms with E-state index in [9.17, 15) is 9.59 Å². The van der Waals surface area contributed by atoms with Gasteiger partial charge in [0.1, 0.15) is 5.54 Å². The number of carbonyl (C=O) groups is 2. The predicted octanol–water partition coefficient (Wildman–Crippen LogP) is 2.80. The molecule has 0 radical (unpaired) electrons. The molecular weight excluding hydrogens is 286 g/mol. The Morgan fingerprint density at radius 3 is 2.58 bits per heavy atom. The second-order valence-corrected chi connectivity index (χ2v) is 6.05. The predicted molar refractivity (Wildman–Crippen MR) is 76.7 cm³/mol. The number of amides is 1. The molecule has 104 valence electrons. The Bertz CT molecular complexity index is 477. The van der Waals surface area contributed by atoms with Gasteiger partial charge in [-0.15, -0.1) is 11.8 Å². The molecule has 19 heavy (non-hydrogen) atoms. The first-order valence-electron chi connectivity index (χ1n) is 5.74. The van der Waals surface area contributed by atoms with Crippen LogP contribution in [0.5, 0.6) is 0 Å². The molecular formula is C13H16ClNO3S. The van der Waals surface area contributed by atoms with Crippen molar-refractivity contribution in [1.29, 1.82) is 0 Å². The first-order valence-corrected chi connectivity index (χ1v) is 7.11. The Labute approximate surface area is 121 Å². The molecule has 2 N–H and O–H groups in total. The Hall–Kier alpha value is -1.20. The maximum atomic E-state index is 11.6. The third-order valence-corrected chi connectivity index (χ3v) is 3.93. The number of carboxylic acids is 1. The highest BCUT2D eigenvalue weighted by Gasteiger charge is 2.28. The number of carboxylic acid groups (broad SMARTS) is 1. The highest BCUT2D eigenvalue weighted by Crippen LogP contribution is 2.26. The van der Waals surface area contributed by atoms with Crippen molar-refractivity contribution in [3.63, 3.8) is 0 Å². The fourth-order valence-corrected chi connectivity index (χ4v) is 2.47. The fraction of sp³-hybridized carbons (Fsp3) is 0.385. The summed E-state index contributed by atoms with van der Waals surface area (Å²) < 4.78 is 0. The minimum atomic E-state index is -1.24. The molecule has 0 aliphatic rings. The van der Waals surface area contributed by atoms with E-state index >= 15 is 0 Å². The summed E-state index contributed by atoms with van der Waals surface area (Å²) in [6.45, 7) is 2.91. The van der Waals surface area contributed by atoms with Crippen molar-refractivity contribution in [1.82, 2.24) is 5.32 Å². The monoisotopic (exact) mass is 301 g/mol. The minimum Gasteiger partial charge on any atom is -0.480 e. The fourth-order valence-electron chi connectivity index (χ4n) is 1.28. The SMILES string of the molecule is CC(C)(NC(=O)CCSc1ccccc1Cl)C(=O)O. The first kappa shape index (κ1) is 15.9. The molecule has 0 heterocycles. The molecule has 0 atom stereocenters. The summed E-state index contributed by atoms with van der Waals surface area (Å²) in [6.07, 6.45) is 0.243. The van der Waals surface area contributed by atoms with Crippen molar-refractivity contribution < 1.29 is 14.7 Å². The number of benzene rings is 1. The third kappa shape index (κ3) is 5.12. The summed E-state index contributed by atoms with van der Waals surface area (Å²) in [6, 6.07) is 7.39. The summed E-state index contributed by atoms with van der Waals surface area (Å²) in [5, 5.41) is 12.0. The van der Waals surface area contributed by atoms with Crippen molar-refractivity contribution in [2.45, 2.75) is 30.7 Å². The van der Waals surface area contributed by atoms with Gasteiger partial charge in [0.05, 0.1) is 5.02 Å². The maximum absolute atomic E-state index is 11.6. The van der Waals surface area contributed by atoms with Crippen molar-refractivity contribution in [2.24, 2.45) is 0 Å². The number of nitrogens with one attached hydrogen (secondary N) is 1. The number of carbonyl (C=O) groups excluding carboxylic acids is 1. The summed E-state index contributed by atoms with van der Waals surface area (Å²) in [5.41, 5.74) is -1.24. The van der Waals surface area contributed by atoms with Crippen LogP contribution in [0.4, 0.5) is 0 Å². The minimum absolute atomic E-state index is 0.243. The standard InChI is InChI=1S/C13H16ClNO3S/c1-13(2,12(17)18)15-11(16)7-8-19-10-6-4-3-5-9(10)14/h3-6H,7-8H2,1-2H3,(H,15,16)(H,17,18). The van der Waals surface area contributed by atoms with E-state index in [1.165, 1.54) is 25.6 Å². The maximum Gasteiger partial charge on any atom is 0.328 e. The molecule has 0 aliphatic heterocycles. The summed E-state index contributed by atoms with van der Waals surface area (Å²) in [4.78, 5) is 23.4. The zero-order chi connectivity index (χ0) is 14.5. The van der Waals surface area contributed by atoms with E-state index in [1.807, 2.05) is 18.2 Å². The van der Waals surface area contributed by atoms with Crippen LogP contribution < -0.4 is 5.32 Å². The van der Waals surface area contributed by atoms with E-state index in [2.05, 4.69) is 5.32 Å². The number of thioether (sulfide) groups is 1. The molecule has 6 heteroatoms. The van der Waals surface area contributed by atoms with E-state index in [4.69, 9.17) is 16.7 Å². The van der Waals surface area contributed by atoms with Crippen LogP contribution in [0.25, 0.3) is 0 Å². The Morgan fingerprint density at radius 1 is 1.37 bits per heavy atom. The van der Waals surface area contributed by atoms with Crippen molar-refractivity contribution in [3.05, 3.63) is 29.3 Å². The molecule has 0 spiro atoms. The quantitative estimate of drug-likeness (QED) is 0.793. The molecule has 4 nitrogen and oxygen atoms in total. The topological polar surface area (TPSA) is 66.4 Å². The van der Waals surface area contributed by atoms with Gasteiger partial charge in [-0.1, -0.05) is 23.7 Å². The van der Waals surface area contributed by atoms with Gasteiger partial charge in [-0.05, 0) is 26.0 Å². The van der Waals surface area contributed by atoms with Gasteiger partial charge in [0, 0.05) is 17.1 Å². The second kappa shape index (κ2) is 6.82. The number of hydrogen-bond acceptors (Lipinski definition) is 3. The van der Waals surface area contributed by atoms with Crippen LogP contribution in [-0.2, 0) is 9.59 Å². The van der Waals surface area contributed by atoms with Crippen LogP contribution in [0.1, 0.15) is 20.3 Å². The average Bonchev–Trinajstić information content (AvgIpc) is 2.30. The lowest BCUT2D eigenvalue weighted by atomic mass is 10.1. The van der Waals surface area contributed by atoms with Gasteiger partial charge in [-0.2, -0.15) is 0 Å². The molecule has 1 aromatic rings. The van der Waals surface area contributed by atoms with Crippen LogP contribution in [0.3, 0.4) is 0 Å². The molecule has 0 aromatic heterocycles. The Balaban J connectivity index is 2.40. The summed E-state index contributed by atoms with van der Waals surface area (Å²) >= 11 is 7.46. The smallest absolute Gasteiger partial charge is 0.328 e. The van der Waals surface area contributed by atoms with Crippen LogP contribution in [-0.4, -0.2) is 28.3 Å². The number of halogens is 1. The molecule has 1 rings (SSSR count). The summed E-state index contributed by atoms with van der Waals surface area (Å²) in [7, 11) is 0. The van der Waals surface area contributed by atoms with Crippen molar-refractivity contribution in [3.8, 4) is 0 Å². The molecule has 0 saturated carbocycles. The van der Waals surface area contributed by atoms with Crippen molar-refractivity contribution >= 4 is 35.2 Å². The zero-order valence-corrected chi connectivity index (χ0v) is 12.3. The second-order valence-electron chi connectivity index (χ2n) is 4.51. The molecule has 1 aromatic carbocycles. The highest BCUT2D eigenvalue weighted by atomic mass is 35.5. The van der Waals surface area contributed by atoms with E-state index in [0.29, 0.717) is 10.8 Å². The molecule has 0 saturated heterocycles. The first-order chi connectivity index (χ1) is 8.83. The average molecular weight is 302 g/mol. The molecule has 0 unspecified atom stereocenters. The van der Waals surface area contributed by atoms with E-state index in [-0.39, 0.29) is 12.3 Å². The van der Waals surface area contributed by atoms with Crippen LogP contribution >= 0.6 is 23.4 Å². The van der Waals surface area contributed by atoms with Gasteiger partial charge in [-0.25, -0.2) is 4.79 Å². The van der Waals surface area contributed by atoms with Crippen LogP contribution in [0, 0.1) is 0 Å². The van der Waals surface area contributed by atoms with Crippen LogP contribution in [0.15, 0.2) is 29.2 Å². The van der Waals surface area contributed by atoms with Crippen molar-refractivity contribution in [2.75, 3.05) is 5.75 Å². The lowest BCUT2D eigenvalue weighted by molar-refractivity contribution is -0.145. The number of aliphatic carboxylic acids is 1. The van der Waals surface area contributed by atoms with E-state index < -0.39 is 11.5 Å². The van der Waals surface area contributed by atoms with Gasteiger partial charge < -0.3 is 10.4 Å². The van der Waals surface area contributed by atoms with Crippen LogP contribution in [0.2, 0.25) is 5.02 Å². The molecule has 0 fully saturated rings. The number of hydrogen-bond donors (Lipinski definition) is 2. The number of rotatable bonds is 6. The van der Waals surface area contributed by atoms with Gasteiger partial charge in [0.2, 0.25) is 5.91 Å². The van der Waals surface area contributed by atoms with E-state index in [0.717, 1.165) is 4.90 Å². The highest BCUT2D eigenvalue weighted by molar-refractivity contribution is 7.99. The van der Waals surface area contributed by atoms with Gasteiger partial charge in [0.25, 0.3) is 0 Å². The lowest BCUT2D eigenvalue weighted by Gasteiger charge is -2.20. The van der Waals surface area contributed by atoms with E-state index in [1.54, 1.807) is 6.07 Å². The Morgan fingerprint density at radius 2 is 2.00 bits per heavy atom. The van der Waals surface area contributed by atoms with Gasteiger partial charge >= 0.3 is 5.97 Å². The zero-order valence-electron chi connectivity index (χ0n) is 10.8. The molecule has 0 aliphatic carbocycles. The Kier molecular flexibility index (Phi) is 5.69. The lowest BCUT2D eigenvalue weighted by Crippen LogP contribution is -2.49. The van der Waals surface area contributed by atoms with Gasteiger partial charge in [0.15, 0.2) is 0 Å². The molecule has 1 amide bonds. The third-order valence-electron chi connectivity index (χ3n) is 2.41. The molecule has 0 bridgehead atoms. The normalized spacial score (nSPS) is 11.1. The summed E-state index contributed by atoms with van der Waals surface area (Å²) in [5.74, 6) is -0.794.